The number of likely N-dealkylation sites (N-methyl/N-ethyl adjacent to an activating group) is 1. The highest BCUT2D eigenvalue weighted by Crippen LogP contribution is 2.30. The van der Waals surface area contributed by atoms with E-state index in [0.717, 1.165) is 22.6 Å². The lowest BCUT2D eigenvalue weighted by Gasteiger charge is -2.23. The molecule has 0 spiro atoms. The molecule has 0 fully saturated rings. The molecule has 0 saturated heterocycles. The van der Waals surface area contributed by atoms with E-state index in [0.29, 0.717) is 24.7 Å². The van der Waals surface area contributed by atoms with Gasteiger partial charge in [-0.15, -0.1) is 0 Å². The summed E-state index contributed by atoms with van der Waals surface area (Å²) < 4.78 is 16.5. The van der Waals surface area contributed by atoms with Crippen LogP contribution in [0, 0.1) is 13.8 Å². The molecule has 0 radical (unpaired) electrons. The summed E-state index contributed by atoms with van der Waals surface area (Å²) in [5.41, 5.74) is 3.76. The Morgan fingerprint density at radius 3 is 2.72 bits per heavy atom. The summed E-state index contributed by atoms with van der Waals surface area (Å²) in [4.78, 5) is 14.4. The molecule has 0 aliphatic rings. The molecule has 2 heterocycles. The smallest absolute Gasteiger partial charge is 0.244 e. The third kappa shape index (κ3) is 5.99. The number of aromatic nitrogens is 1. The molecule has 0 aliphatic heterocycles. The molecular weight excluding hydrogens is 426 g/mol. The maximum Gasteiger partial charge on any atom is 0.244 e. The Balaban J connectivity index is 1.59. The maximum atomic E-state index is 12.3. The van der Waals surface area contributed by atoms with Crippen molar-refractivity contribution in [2.45, 2.75) is 26.5 Å². The number of benzene rings is 1. The number of nitrogens with one attached hydrogen (secondary N) is 1. The molecule has 2 aromatic heterocycles. The Bertz CT molecular complexity index is 1040. The molecule has 32 heavy (non-hydrogen) atoms. The van der Waals surface area contributed by atoms with Crippen LogP contribution in [0.4, 0.5) is 0 Å². The van der Waals surface area contributed by atoms with Crippen molar-refractivity contribution in [2.75, 3.05) is 27.7 Å². The van der Waals surface area contributed by atoms with Crippen LogP contribution >= 0.6 is 11.3 Å². The predicted molar refractivity (Wildman–Crippen MR) is 126 cm³/mol. The molecule has 7 nitrogen and oxygen atoms in total. The first-order chi connectivity index (χ1) is 15.4. The number of amides is 1. The van der Waals surface area contributed by atoms with Crippen molar-refractivity contribution >= 4 is 23.3 Å². The monoisotopic (exact) mass is 455 g/mol. The van der Waals surface area contributed by atoms with Crippen molar-refractivity contribution in [1.29, 1.82) is 0 Å². The van der Waals surface area contributed by atoms with Gasteiger partial charge >= 0.3 is 0 Å². The summed E-state index contributed by atoms with van der Waals surface area (Å²) in [6, 6.07) is 7.75. The van der Waals surface area contributed by atoms with E-state index in [-0.39, 0.29) is 11.9 Å². The van der Waals surface area contributed by atoms with Gasteiger partial charge in [0.25, 0.3) is 0 Å². The van der Waals surface area contributed by atoms with Crippen molar-refractivity contribution in [2.24, 2.45) is 0 Å². The number of carbonyl (C=O) groups excluding carboxylic acids is 1. The Labute approximate surface area is 192 Å². The van der Waals surface area contributed by atoms with Crippen LogP contribution in [0.5, 0.6) is 11.5 Å². The van der Waals surface area contributed by atoms with Gasteiger partial charge in [-0.3, -0.25) is 4.79 Å². The summed E-state index contributed by atoms with van der Waals surface area (Å²) in [7, 11) is 5.60. The largest absolute Gasteiger partial charge is 0.493 e. The number of carbonyl (C=O) groups is 1. The third-order valence-electron chi connectivity index (χ3n) is 5.19. The van der Waals surface area contributed by atoms with Gasteiger partial charge in [0.15, 0.2) is 11.5 Å². The van der Waals surface area contributed by atoms with Crippen LogP contribution in [0.1, 0.15) is 34.2 Å². The highest BCUT2D eigenvalue weighted by atomic mass is 32.1. The average Bonchev–Trinajstić information content (AvgIpc) is 3.41. The number of thiophene rings is 1. The zero-order valence-electron chi connectivity index (χ0n) is 19.0. The summed E-state index contributed by atoms with van der Waals surface area (Å²) in [6.07, 6.45) is 3.28. The molecule has 1 aromatic carbocycles. The van der Waals surface area contributed by atoms with Gasteiger partial charge < -0.3 is 24.2 Å². The molecule has 170 valence electrons. The van der Waals surface area contributed by atoms with Crippen molar-refractivity contribution < 1.29 is 18.8 Å². The minimum Gasteiger partial charge on any atom is -0.493 e. The van der Waals surface area contributed by atoms with Crippen LogP contribution in [0.15, 0.2) is 45.6 Å². The fraction of sp³-hybridized carbons (Fsp3) is 0.333. The number of nitrogens with zero attached hydrogens (tertiary/aromatic N) is 2. The molecule has 0 saturated carbocycles. The van der Waals surface area contributed by atoms with Crippen LogP contribution in [-0.4, -0.2) is 43.7 Å². The van der Waals surface area contributed by atoms with Crippen LogP contribution in [0.2, 0.25) is 0 Å². The van der Waals surface area contributed by atoms with Gasteiger partial charge in [-0.1, -0.05) is 11.2 Å². The molecule has 3 aromatic rings. The second kappa shape index (κ2) is 11.0. The lowest BCUT2D eigenvalue weighted by atomic mass is 10.1. The number of hydrogen-bond acceptors (Lipinski definition) is 7. The maximum absolute atomic E-state index is 12.3. The average molecular weight is 456 g/mol. The van der Waals surface area contributed by atoms with E-state index in [1.165, 1.54) is 11.6 Å². The van der Waals surface area contributed by atoms with Gasteiger partial charge in [0.1, 0.15) is 12.4 Å². The predicted octanol–water partition coefficient (Wildman–Crippen LogP) is 4.37. The van der Waals surface area contributed by atoms with Crippen LogP contribution in [0.3, 0.4) is 0 Å². The van der Waals surface area contributed by atoms with Gasteiger partial charge in [-0.05, 0) is 74.1 Å². The van der Waals surface area contributed by atoms with Gasteiger partial charge in [0.2, 0.25) is 5.91 Å². The molecule has 0 aliphatic carbocycles. The van der Waals surface area contributed by atoms with E-state index in [1.807, 2.05) is 51.5 Å². The van der Waals surface area contributed by atoms with Crippen molar-refractivity contribution in [3.05, 3.63) is 69.2 Å². The molecular formula is C24H29N3O4S. The first-order valence-electron chi connectivity index (χ1n) is 10.3. The van der Waals surface area contributed by atoms with E-state index >= 15 is 0 Å². The Morgan fingerprint density at radius 2 is 2.09 bits per heavy atom. The van der Waals surface area contributed by atoms with Crippen LogP contribution in [0.25, 0.3) is 6.08 Å². The minimum atomic E-state index is -0.148. The zero-order valence-corrected chi connectivity index (χ0v) is 19.9. The van der Waals surface area contributed by atoms with E-state index in [1.54, 1.807) is 24.5 Å². The van der Waals surface area contributed by atoms with Gasteiger partial charge in [-0.25, -0.2) is 0 Å². The fourth-order valence-corrected chi connectivity index (χ4v) is 3.96. The lowest BCUT2D eigenvalue weighted by Crippen LogP contribution is -2.33. The number of aryl methyl sites for hydroxylation is 2. The highest BCUT2D eigenvalue weighted by molar-refractivity contribution is 7.07. The third-order valence-corrected chi connectivity index (χ3v) is 5.89. The molecule has 1 atom stereocenters. The SMILES string of the molecule is COc1cc(/C=C/C(=O)NCC(c2ccsc2)N(C)C)ccc1OCc1c(C)noc1C. The Kier molecular flexibility index (Phi) is 8.08. The van der Waals surface area contributed by atoms with E-state index in [2.05, 4.69) is 26.8 Å². The zero-order chi connectivity index (χ0) is 23.1. The van der Waals surface area contributed by atoms with Crippen molar-refractivity contribution in [3.63, 3.8) is 0 Å². The Morgan fingerprint density at radius 1 is 1.28 bits per heavy atom. The van der Waals surface area contributed by atoms with E-state index in [4.69, 9.17) is 14.0 Å². The number of rotatable bonds is 10. The molecule has 1 amide bonds. The lowest BCUT2D eigenvalue weighted by molar-refractivity contribution is -0.116. The van der Waals surface area contributed by atoms with E-state index in [9.17, 15) is 4.79 Å². The molecule has 1 N–H and O–H groups in total. The Hall–Kier alpha value is -3.10. The topological polar surface area (TPSA) is 76.8 Å². The second-order valence-corrected chi connectivity index (χ2v) is 8.40. The number of ether oxygens (including phenoxy) is 2. The van der Waals surface area contributed by atoms with Crippen molar-refractivity contribution in [1.82, 2.24) is 15.4 Å². The highest BCUT2D eigenvalue weighted by Gasteiger charge is 2.15. The minimum absolute atomic E-state index is 0.132. The fourth-order valence-electron chi connectivity index (χ4n) is 3.26. The van der Waals surface area contributed by atoms with Crippen LogP contribution < -0.4 is 14.8 Å². The summed E-state index contributed by atoms with van der Waals surface area (Å²) in [5.74, 6) is 1.79. The van der Waals surface area contributed by atoms with Gasteiger partial charge in [-0.2, -0.15) is 11.3 Å². The number of hydrogen-bond donors (Lipinski definition) is 1. The molecule has 1 unspecified atom stereocenters. The van der Waals surface area contributed by atoms with E-state index < -0.39 is 0 Å². The first-order valence-corrected chi connectivity index (χ1v) is 11.2. The quantitative estimate of drug-likeness (QED) is 0.458. The summed E-state index contributed by atoms with van der Waals surface area (Å²) in [6.45, 7) is 4.61. The molecule has 8 heteroatoms. The van der Waals surface area contributed by atoms with Gasteiger partial charge in [0.05, 0.1) is 24.4 Å². The molecule has 3 rings (SSSR count). The summed E-state index contributed by atoms with van der Waals surface area (Å²) >= 11 is 1.65. The second-order valence-electron chi connectivity index (χ2n) is 7.62. The number of methoxy groups -OCH3 is 1. The van der Waals surface area contributed by atoms with Crippen molar-refractivity contribution in [3.8, 4) is 11.5 Å². The normalized spacial score (nSPS) is 12.3. The molecule has 0 bridgehead atoms. The first kappa shape index (κ1) is 23.6. The van der Waals surface area contributed by atoms with Crippen LogP contribution in [-0.2, 0) is 11.4 Å². The standard InChI is InChI=1S/C24H29N3O4S/c1-16-20(17(2)31-26-16)14-30-22-8-6-18(12-23(22)29-5)7-9-24(28)25-13-21(27(3)4)19-10-11-32-15-19/h6-12,15,21H,13-14H2,1-5H3,(H,25,28)/b9-7+. The van der Waals surface area contributed by atoms with Gasteiger partial charge in [0, 0.05) is 12.6 Å². The summed E-state index contributed by atoms with van der Waals surface area (Å²) in [5, 5.41) is 11.1.